The second kappa shape index (κ2) is 5.28. The smallest absolute Gasteiger partial charge is 0.165 e. The third-order valence-electron chi connectivity index (χ3n) is 2.40. The molecular formula is C14H9F2NO. The fraction of sp³-hybridized carbons (Fsp3) is 0.0714. The molecule has 0 N–H and O–H groups in total. The van der Waals surface area contributed by atoms with Crippen molar-refractivity contribution in [2.75, 3.05) is 0 Å². The zero-order valence-corrected chi connectivity index (χ0v) is 9.36. The molecule has 2 nitrogen and oxygen atoms in total. The third-order valence-corrected chi connectivity index (χ3v) is 2.40. The van der Waals surface area contributed by atoms with E-state index in [2.05, 4.69) is 0 Å². The lowest BCUT2D eigenvalue weighted by molar-refractivity contribution is 0.285. The number of hydrogen-bond donors (Lipinski definition) is 0. The van der Waals surface area contributed by atoms with Gasteiger partial charge in [0.25, 0.3) is 0 Å². The van der Waals surface area contributed by atoms with Gasteiger partial charge in [-0.3, -0.25) is 0 Å². The van der Waals surface area contributed by atoms with Crippen LogP contribution in [0.4, 0.5) is 8.78 Å². The van der Waals surface area contributed by atoms with Crippen molar-refractivity contribution in [1.29, 1.82) is 5.26 Å². The molecule has 0 spiro atoms. The van der Waals surface area contributed by atoms with Crippen molar-refractivity contribution in [3.63, 3.8) is 0 Å². The van der Waals surface area contributed by atoms with Gasteiger partial charge in [-0.2, -0.15) is 5.26 Å². The molecule has 4 heteroatoms. The maximum Gasteiger partial charge on any atom is 0.165 e. The van der Waals surface area contributed by atoms with E-state index < -0.39 is 11.6 Å². The highest BCUT2D eigenvalue weighted by Crippen LogP contribution is 2.18. The Kier molecular flexibility index (Phi) is 3.54. The fourth-order valence-electron chi connectivity index (χ4n) is 1.45. The molecule has 0 aromatic heterocycles. The first-order chi connectivity index (χ1) is 8.70. The van der Waals surface area contributed by atoms with Crippen LogP contribution in [-0.2, 0) is 6.61 Å². The van der Waals surface area contributed by atoms with Gasteiger partial charge in [-0.05, 0) is 24.3 Å². The van der Waals surface area contributed by atoms with Gasteiger partial charge in [-0.1, -0.05) is 18.2 Å². The molecule has 0 unspecified atom stereocenters. The maximum atomic E-state index is 13.5. The summed E-state index contributed by atoms with van der Waals surface area (Å²) in [6.45, 7) is -0.0848. The van der Waals surface area contributed by atoms with E-state index in [4.69, 9.17) is 10.00 Å². The van der Waals surface area contributed by atoms with Gasteiger partial charge >= 0.3 is 0 Å². The summed E-state index contributed by atoms with van der Waals surface area (Å²) in [5.74, 6) is -0.960. The number of para-hydroxylation sites is 1. The van der Waals surface area contributed by atoms with Crippen molar-refractivity contribution in [2.24, 2.45) is 0 Å². The molecule has 2 aromatic carbocycles. The van der Waals surface area contributed by atoms with E-state index in [1.807, 2.05) is 6.07 Å². The molecule has 0 aliphatic carbocycles. The number of rotatable bonds is 3. The molecule has 0 heterocycles. The van der Waals surface area contributed by atoms with Crippen molar-refractivity contribution in [3.8, 4) is 11.8 Å². The molecule has 18 heavy (non-hydrogen) atoms. The minimum atomic E-state index is -0.537. The van der Waals surface area contributed by atoms with Crippen molar-refractivity contribution in [1.82, 2.24) is 0 Å². The Morgan fingerprint density at radius 1 is 1.06 bits per heavy atom. The minimum absolute atomic E-state index is 0.0706. The van der Waals surface area contributed by atoms with Crippen molar-refractivity contribution >= 4 is 0 Å². The molecule has 0 saturated carbocycles. The lowest BCUT2D eigenvalue weighted by Gasteiger charge is -2.07. The number of benzene rings is 2. The summed E-state index contributed by atoms with van der Waals surface area (Å²) in [5.41, 5.74) is 0.513. The van der Waals surface area contributed by atoms with Crippen LogP contribution in [0.25, 0.3) is 0 Å². The van der Waals surface area contributed by atoms with Crippen molar-refractivity contribution in [2.45, 2.75) is 6.61 Å². The van der Waals surface area contributed by atoms with Crippen LogP contribution in [0.3, 0.4) is 0 Å². The van der Waals surface area contributed by atoms with E-state index in [0.717, 1.165) is 6.07 Å². The van der Waals surface area contributed by atoms with Crippen LogP contribution in [0.15, 0.2) is 42.5 Å². The first-order valence-corrected chi connectivity index (χ1v) is 5.26. The number of nitriles is 1. The van der Waals surface area contributed by atoms with E-state index in [9.17, 15) is 8.78 Å². The molecular weight excluding hydrogens is 236 g/mol. The van der Waals surface area contributed by atoms with Gasteiger partial charge in [0.15, 0.2) is 11.6 Å². The first kappa shape index (κ1) is 12.1. The number of hydrogen-bond acceptors (Lipinski definition) is 2. The molecule has 0 aliphatic heterocycles. The number of ether oxygens (including phenoxy) is 1. The minimum Gasteiger partial charge on any atom is -0.486 e. The van der Waals surface area contributed by atoms with Gasteiger partial charge in [-0.25, -0.2) is 8.78 Å². The monoisotopic (exact) mass is 245 g/mol. The molecule has 0 bridgehead atoms. The van der Waals surface area contributed by atoms with Crippen molar-refractivity contribution < 1.29 is 13.5 Å². The maximum absolute atomic E-state index is 13.5. The topological polar surface area (TPSA) is 33.0 Å². The van der Waals surface area contributed by atoms with Crippen LogP contribution in [0, 0.1) is 23.0 Å². The summed E-state index contributed by atoms with van der Waals surface area (Å²) in [7, 11) is 0. The molecule has 2 rings (SSSR count). The molecule has 0 radical (unpaired) electrons. The summed E-state index contributed by atoms with van der Waals surface area (Å²) in [6, 6.07) is 11.8. The van der Waals surface area contributed by atoms with Crippen LogP contribution in [0.5, 0.6) is 5.75 Å². The van der Waals surface area contributed by atoms with Gasteiger partial charge in [0.2, 0.25) is 0 Å². The highest BCUT2D eigenvalue weighted by molar-refractivity contribution is 5.33. The number of nitrogens with zero attached hydrogens (tertiary/aromatic N) is 1. The Morgan fingerprint density at radius 2 is 1.83 bits per heavy atom. The quantitative estimate of drug-likeness (QED) is 0.830. The molecule has 0 aliphatic rings. The van der Waals surface area contributed by atoms with Crippen molar-refractivity contribution in [3.05, 3.63) is 65.2 Å². The predicted molar refractivity (Wildman–Crippen MR) is 61.8 cm³/mol. The van der Waals surface area contributed by atoms with Gasteiger partial charge in [0.05, 0.1) is 11.6 Å². The molecule has 90 valence electrons. The predicted octanol–water partition coefficient (Wildman–Crippen LogP) is 3.42. The van der Waals surface area contributed by atoms with Gasteiger partial charge < -0.3 is 4.74 Å². The number of halogens is 2. The standard InChI is InChI=1S/C14H9F2NO/c15-12-3-1-2-4-14(12)18-9-11-6-5-10(8-17)7-13(11)16/h1-7H,9H2. The lowest BCUT2D eigenvalue weighted by atomic mass is 10.1. The summed E-state index contributed by atoms with van der Waals surface area (Å²) >= 11 is 0. The van der Waals surface area contributed by atoms with Gasteiger partial charge in [0, 0.05) is 5.56 Å². The first-order valence-electron chi connectivity index (χ1n) is 5.26. The average molecular weight is 245 g/mol. The lowest BCUT2D eigenvalue weighted by Crippen LogP contribution is -2.00. The normalized spacial score (nSPS) is 9.83. The van der Waals surface area contributed by atoms with Crippen LogP contribution in [0.2, 0.25) is 0 Å². The van der Waals surface area contributed by atoms with E-state index in [1.165, 1.54) is 24.3 Å². The molecule has 0 amide bonds. The van der Waals surface area contributed by atoms with E-state index >= 15 is 0 Å². The summed E-state index contributed by atoms with van der Waals surface area (Å²) < 4.78 is 31.9. The van der Waals surface area contributed by atoms with E-state index in [1.54, 1.807) is 12.1 Å². The molecule has 2 aromatic rings. The Hall–Kier alpha value is -2.41. The summed E-state index contributed by atoms with van der Waals surface area (Å²) in [4.78, 5) is 0. The summed E-state index contributed by atoms with van der Waals surface area (Å²) in [6.07, 6.45) is 0. The fourth-order valence-corrected chi connectivity index (χ4v) is 1.45. The van der Waals surface area contributed by atoms with Crippen LogP contribution in [-0.4, -0.2) is 0 Å². The Balaban J connectivity index is 2.12. The Bertz CT molecular complexity index is 605. The Morgan fingerprint density at radius 3 is 2.50 bits per heavy atom. The van der Waals surface area contributed by atoms with Crippen LogP contribution in [0.1, 0.15) is 11.1 Å². The highest BCUT2D eigenvalue weighted by Gasteiger charge is 2.06. The average Bonchev–Trinajstić information content (AvgIpc) is 2.39. The molecule has 0 atom stereocenters. The van der Waals surface area contributed by atoms with E-state index in [-0.39, 0.29) is 23.5 Å². The second-order valence-corrected chi connectivity index (χ2v) is 3.64. The zero-order valence-electron chi connectivity index (χ0n) is 9.36. The molecule has 0 fully saturated rings. The van der Waals surface area contributed by atoms with E-state index in [0.29, 0.717) is 0 Å². The van der Waals surface area contributed by atoms with Crippen LogP contribution >= 0.6 is 0 Å². The van der Waals surface area contributed by atoms with Gasteiger partial charge in [0.1, 0.15) is 12.4 Å². The third kappa shape index (κ3) is 2.64. The Labute approximate surface area is 103 Å². The van der Waals surface area contributed by atoms with Gasteiger partial charge in [-0.15, -0.1) is 0 Å². The SMILES string of the molecule is N#Cc1ccc(COc2ccccc2F)c(F)c1. The summed E-state index contributed by atoms with van der Waals surface area (Å²) in [5, 5.41) is 8.60. The highest BCUT2D eigenvalue weighted by atomic mass is 19.1. The molecule has 0 saturated heterocycles. The largest absolute Gasteiger partial charge is 0.486 e. The zero-order chi connectivity index (χ0) is 13.0. The van der Waals surface area contributed by atoms with Crippen LogP contribution < -0.4 is 4.74 Å². The second-order valence-electron chi connectivity index (χ2n) is 3.64.